The molecule has 2 rings (SSSR count). The quantitative estimate of drug-likeness (QED) is 0.542. The first-order chi connectivity index (χ1) is 13.1. The van der Waals surface area contributed by atoms with Crippen molar-refractivity contribution in [3.05, 3.63) is 59.2 Å². The third-order valence-corrected chi connectivity index (χ3v) is 4.15. The van der Waals surface area contributed by atoms with Gasteiger partial charge in [-0.05, 0) is 42.7 Å². The van der Waals surface area contributed by atoms with Crippen molar-refractivity contribution in [3.63, 3.8) is 0 Å². The van der Waals surface area contributed by atoms with Crippen LogP contribution in [0.15, 0.2) is 47.6 Å². The van der Waals surface area contributed by atoms with Gasteiger partial charge >= 0.3 is 0 Å². The minimum absolute atomic E-state index is 0.0955. The van der Waals surface area contributed by atoms with Gasteiger partial charge in [-0.3, -0.25) is 4.79 Å². The Labute approximate surface area is 160 Å². The molecule has 0 unspecified atom stereocenters. The predicted octanol–water partition coefficient (Wildman–Crippen LogP) is 3.49. The van der Waals surface area contributed by atoms with Crippen LogP contribution in [0.5, 0.6) is 11.5 Å². The van der Waals surface area contributed by atoms with Gasteiger partial charge in [0.05, 0.1) is 26.5 Å². The topological polar surface area (TPSA) is 69.2 Å². The fraction of sp³-hybridized carbons (Fsp3) is 0.333. The lowest BCUT2D eigenvalue weighted by Crippen LogP contribution is -2.29. The summed E-state index contributed by atoms with van der Waals surface area (Å²) >= 11 is 0. The van der Waals surface area contributed by atoms with Crippen LogP contribution in [0.1, 0.15) is 36.6 Å². The number of nitrogens with zero attached hydrogens (tertiary/aromatic N) is 1. The van der Waals surface area contributed by atoms with E-state index in [-0.39, 0.29) is 18.6 Å². The van der Waals surface area contributed by atoms with Crippen LogP contribution >= 0.6 is 0 Å². The van der Waals surface area contributed by atoms with Crippen LogP contribution in [0.3, 0.4) is 0 Å². The molecule has 1 atom stereocenters. The first-order valence-electron chi connectivity index (χ1n) is 8.83. The summed E-state index contributed by atoms with van der Waals surface area (Å²) in [4.78, 5) is 17.1. The van der Waals surface area contributed by atoms with Gasteiger partial charge in [-0.1, -0.05) is 36.3 Å². The van der Waals surface area contributed by atoms with E-state index in [9.17, 15) is 4.79 Å². The summed E-state index contributed by atoms with van der Waals surface area (Å²) in [6, 6.07) is 13.5. The zero-order valence-corrected chi connectivity index (χ0v) is 16.2. The summed E-state index contributed by atoms with van der Waals surface area (Å²) in [5.41, 5.74) is 3.09. The highest BCUT2D eigenvalue weighted by molar-refractivity contribution is 5.81. The van der Waals surface area contributed by atoms with Gasteiger partial charge < -0.3 is 19.6 Å². The van der Waals surface area contributed by atoms with Crippen molar-refractivity contribution < 1.29 is 19.1 Å². The van der Waals surface area contributed by atoms with Crippen LogP contribution in [0, 0.1) is 0 Å². The number of oxime groups is 1. The lowest BCUT2D eigenvalue weighted by Gasteiger charge is -2.14. The average molecular weight is 370 g/mol. The third-order valence-electron chi connectivity index (χ3n) is 4.15. The van der Waals surface area contributed by atoms with Crippen molar-refractivity contribution in [2.45, 2.75) is 26.3 Å². The second kappa shape index (κ2) is 10.2. The minimum atomic E-state index is -0.230. The molecule has 0 aliphatic heterocycles. The van der Waals surface area contributed by atoms with E-state index in [0.29, 0.717) is 11.5 Å². The number of carbonyl (C=O) groups is 1. The van der Waals surface area contributed by atoms with Gasteiger partial charge in [0.1, 0.15) is 0 Å². The summed E-state index contributed by atoms with van der Waals surface area (Å²) in [5, 5.41) is 6.72. The van der Waals surface area contributed by atoms with Gasteiger partial charge in [0.25, 0.3) is 5.91 Å². The molecule has 144 valence electrons. The number of amides is 1. The van der Waals surface area contributed by atoms with Gasteiger partial charge in [-0.15, -0.1) is 0 Å². The summed E-state index contributed by atoms with van der Waals surface area (Å²) in [6.07, 6.45) is 2.51. The molecule has 0 radical (unpaired) electrons. The van der Waals surface area contributed by atoms with Gasteiger partial charge in [0, 0.05) is 5.56 Å². The molecule has 2 aromatic rings. The number of benzene rings is 2. The van der Waals surface area contributed by atoms with Crippen LogP contribution < -0.4 is 14.8 Å². The van der Waals surface area contributed by atoms with Gasteiger partial charge in [0.2, 0.25) is 0 Å². The van der Waals surface area contributed by atoms with Crippen LogP contribution in [0.25, 0.3) is 0 Å². The monoisotopic (exact) mass is 370 g/mol. The van der Waals surface area contributed by atoms with Crippen molar-refractivity contribution in [2.24, 2.45) is 5.16 Å². The summed E-state index contributed by atoms with van der Waals surface area (Å²) in [6.45, 7) is 3.90. The van der Waals surface area contributed by atoms with Crippen molar-refractivity contribution in [1.29, 1.82) is 0 Å². The first-order valence-corrected chi connectivity index (χ1v) is 8.83. The molecule has 1 amide bonds. The van der Waals surface area contributed by atoms with E-state index >= 15 is 0 Å². The highest BCUT2D eigenvalue weighted by Crippen LogP contribution is 2.26. The Morgan fingerprint density at radius 1 is 1.11 bits per heavy atom. The molecule has 6 nitrogen and oxygen atoms in total. The molecule has 0 aromatic heterocycles. The van der Waals surface area contributed by atoms with E-state index in [4.69, 9.17) is 14.3 Å². The maximum Gasteiger partial charge on any atom is 0.261 e. The number of carbonyl (C=O) groups excluding carboxylic acids is 1. The SMILES string of the molecule is CCc1ccc([C@H](C)NC(=O)CO/N=C\c2ccc(OC)c(OC)c2)cc1. The predicted molar refractivity (Wildman–Crippen MR) is 105 cm³/mol. The Morgan fingerprint density at radius 2 is 1.81 bits per heavy atom. The molecule has 0 aliphatic carbocycles. The number of ether oxygens (including phenoxy) is 2. The molecule has 27 heavy (non-hydrogen) atoms. The first kappa shape index (κ1) is 20.3. The molecule has 2 aromatic carbocycles. The molecule has 0 fully saturated rings. The zero-order valence-electron chi connectivity index (χ0n) is 16.2. The van der Waals surface area contributed by atoms with Crippen LogP contribution in [-0.2, 0) is 16.1 Å². The second-order valence-electron chi connectivity index (χ2n) is 6.01. The van der Waals surface area contributed by atoms with Crippen molar-refractivity contribution in [3.8, 4) is 11.5 Å². The Balaban J connectivity index is 1.82. The van der Waals surface area contributed by atoms with E-state index in [1.807, 2.05) is 25.1 Å². The fourth-order valence-electron chi connectivity index (χ4n) is 2.54. The molecule has 0 bridgehead atoms. The molecule has 0 saturated carbocycles. The number of methoxy groups -OCH3 is 2. The number of aryl methyl sites for hydroxylation is 1. The number of nitrogens with one attached hydrogen (secondary N) is 1. The molecule has 6 heteroatoms. The normalized spacial score (nSPS) is 11.9. The molecule has 1 N–H and O–H groups in total. The van der Waals surface area contributed by atoms with Gasteiger partial charge in [0.15, 0.2) is 18.1 Å². The van der Waals surface area contributed by atoms with E-state index in [0.717, 1.165) is 17.5 Å². The summed E-state index contributed by atoms with van der Waals surface area (Å²) in [5.74, 6) is 1.00. The number of hydrogen-bond acceptors (Lipinski definition) is 5. The zero-order chi connectivity index (χ0) is 19.6. The van der Waals surface area contributed by atoms with E-state index < -0.39 is 0 Å². The Morgan fingerprint density at radius 3 is 2.44 bits per heavy atom. The summed E-state index contributed by atoms with van der Waals surface area (Å²) in [7, 11) is 3.14. The Kier molecular flexibility index (Phi) is 7.67. The smallest absolute Gasteiger partial charge is 0.261 e. The molecule has 0 spiro atoms. The van der Waals surface area contributed by atoms with E-state index in [2.05, 4.69) is 29.5 Å². The Bertz CT molecular complexity index is 772. The number of rotatable bonds is 9. The lowest BCUT2D eigenvalue weighted by atomic mass is 10.1. The van der Waals surface area contributed by atoms with E-state index in [1.165, 1.54) is 11.8 Å². The molecular weight excluding hydrogens is 344 g/mol. The molecular formula is C21H26N2O4. The van der Waals surface area contributed by atoms with Crippen LogP contribution in [-0.4, -0.2) is 32.9 Å². The maximum atomic E-state index is 12.0. The van der Waals surface area contributed by atoms with Gasteiger partial charge in [-0.2, -0.15) is 0 Å². The highest BCUT2D eigenvalue weighted by atomic mass is 16.6. The molecule has 0 heterocycles. The maximum absolute atomic E-state index is 12.0. The average Bonchev–Trinajstić information content (AvgIpc) is 2.71. The minimum Gasteiger partial charge on any atom is -0.493 e. The van der Waals surface area contributed by atoms with Crippen LogP contribution in [0.2, 0.25) is 0 Å². The standard InChI is InChI=1S/C21H26N2O4/c1-5-16-6-9-18(10-7-16)15(2)23-21(24)14-27-22-13-17-8-11-19(25-3)20(12-17)26-4/h6-13,15H,5,14H2,1-4H3,(H,23,24)/b22-13-/t15-/m0/s1. The largest absolute Gasteiger partial charge is 0.493 e. The Hall–Kier alpha value is -3.02. The highest BCUT2D eigenvalue weighted by Gasteiger charge is 2.10. The van der Waals surface area contributed by atoms with E-state index in [1.54, 1.807) is 26.4 Å². The summed E-state index contributed by atoms with van der Waals surface area (Å²) < 4.78 is 10.4. The third kappa shape index (κ3) is 6.02. The lowest BCUT2D eigenvalue weighted by molar-refractivity contribution is -0.126. The second-order valence-corrected chi connectivity index (χ2v) is 6.01. The fourth-order valence-corrected chi connectivity index (χ4v) is 2.54. The molecule has 0 saturated heterocycles. The van der Waals surface area contributed by atoms with Crippen molar-refractivity contribution in [2.75, 3.05) is 20.8 Å². The van der Waals surface area contributed by atoms with Crippen molar-refractivity contribution in [1.82, 2.24) is 5.32 Å². The van der Waals surface area contributed by atoms with Crippen molar-refractivity contribution >= 4 is 12.1 Å². The number of hydrogen-bond donors (Lipinski definition) is 1. The molecule has 0 aliphatic rings. The van der Waals surface area contributed by atoms with Crippen LogP contribution in [0.4, 0.5) is 0 Å². The van der Waals surface area contributed by atoms with Gasteiger partial charge in [-0.25, -0.2) is 0 Å².